The number of carbonyl (C=O) groups excluding carboxylic acids is 1. The van der Waals surface area contributed by atoms with E-state index in [0.29, 0.717) is 12.0 Å². The van der Waals surface area contributed by atoms with Crippen LogP contribution in [0.5, 0.6) is 0 Å². The molecule has 0 unspecified atom stereocenters. The molecule has 37 heavy (non-hydrogen) atoms. The molecule has 9 heteroatoms. The summed E-state index contributed by atoms with van der Waals surface area (Å²) in [5, 5.41) is 14.9. The number of nitrogens with zero attached hydrogens (tertiary/aromatic N) is 3. The van der Waals surface area contributed by atoms with Crippen LogP contribution in [0.1, 0.15) is 54.4 Å². The topological polar surface area (TPSA) is 102 Å². The van der Waals surface area contributed by atoms with Crippen LogP contribution in [0.3, 0.4) is 0 Å². The van der Waals surface area contributed by atoms with Gasteiger partial charge >= 0.3 is 0 Å². The largest absolute Gasteiger partial charge is 0.381 e. The molecule has 1 aromatic carbocycles. The third kappa shape index (κ3) is 5.57. The molecule has 1 aliphatic carbocycles. The number of aryl methyl sites for hydroxylation is 1. The summed E-state index contributed by atoms with van der Waals surface area (Å²) in [5.41, 5.74) is 4.38. The number of hydrogen-bond acceptors (Lipinski definition) is 7. The molecule has 9 nitrogen and oxygen atoms in total. The lowest BCUT2D eigenvalue weighted by Crippen LogP contribution is -2.26. The normalized spacial score (nSPS) is 20.3. The molecular formula is C28H36N6O3. The fourth-order valence-corrected chi connectivity index (χ4v) is 5.18. The Morgan fingerprint density at radius 3 is 2.68 bits per heavy atom. The van der Waals surface area contributed by atoms with Gasteiger partial charge in [-0.1, -0.05) is 12.1 Å². The van der Waals surface area contributed by atoms with E-state index >= 15 is 0 Å². The Morgan fingerprint density at radius 2 is 1.92 bits per heavy atom. The highest BCUT2D eigenvalue weighted by Crippen LogP contribution is 2.30. The van der Waals surface area contributed by atoms with Gasteiger partial charge in [0, 0.05) is 56.1 Å². The van der Waals surface area contributed by atoms with Crippen LogP contribution in [0.4, 0.5) is 11.6 Å². The van der Waals surface area contributed by atoms with E-state index in [1.54, 1.807) is 0 Å². The number of anilines is 2. The van der Waals surface area contributed by atoms with Gasteiger partial charge in [-0.25, -0.2) is 4.98 Å². The molecule has 196 valence electrons. The molecular weight excluding hydrogens is 468 g/mol. The van der Waals surface area contributed by atoms with Gasteiger partial charge in [-0.3, -0.25) is 4.79 Å². The second-order valence-corrected chi connectivity index (χ2v) is 10.6. The first kappa shape index (κ1) is 24.2. The van der Waals surface area contributed by atoms with Gasteiger partial charge in [0.1, 0.15) is 11.6 Å². The zero-order chi connectivity index (χ0) is 25.2. The molecule has 0 bridgehead atoms. The fourth-order valence-electron chi connectivity index (χ4n) is 5.18. The maximum Gasteiger partial charge on any atom is 0.251 e. The highest BCUT2D eigenvalue weighted by atomic mass is 16.5. The van der Waals surface area contributed by atoms with Crippen molar-refractivity contribution >= 4 is 23.2 Å². The number of aromatic nitrogens is 3. The van der Waals surface area contributed by atoms with Gasteiger partial charge < -0.3 is 25.4 Å². The first-order chi connectivity index (χ1) is 18.1. The van der Waals surface area contributed by atoms with Gasteiger partial charge in [-0.05, 0) is 68.6 Å². The molecule has 4 heterocycles. The lowest BCUT2D eigenvalue weighted by atomic mass is 10.0. The average Bonchev–Trinajstić information content (AvgIpc) is 3.38. The molecule has 1 saturated carbocycles. The van der Waals surface area contributed by atoms with Gasteiger partial charge in [0.05, 0.1) is 12.3 Å². The maximum absolute atomic E-state index is 12.6. The van der Waals surface area contributed by atoms with Crippen LogP contribution in [0.15, 0.2) is 30.5 Å². The lowest BCUT2D eigenvalue weighted by Gasteiger charge is -2.23. The number of ether oxygens (including phenoxy) is 2. The highest BCUT2D eigenvalue weighted by Gasteiger charge is 2.25. The third-order valence-corrected chi connectivity index (χ3v) is 7.61. The Balaban J connectivity index is 1.29. The van der Waals surface area contributed by atoms with Crippen LogP contribution < -0.4 is 16.0 Å². The van der Waals surface area contributed by atoms with E-state index in [2.05, 4.69) is 22.0 Å². The lowest BCUT2D eigenvalue weighted by molar-refractivity contribution is 0.0699. The average molecular weight is 505 g/mol. The number of hydrogen-bond donors (Lipinski definition) is 3. The number of fused-ring (bicyclic) bond motifs is 1. The molecule has 0 spiro atoms. The summed E-state index contributed by atoms with van der Waals surface area (Å²) in [6, 6.07) is 8.34. The number of amides is 1. The van der Waals surface area contributed by atoms with Crippen molar-refractivity contribution in [3.8, 4) is 11.1 Å². The van der Waals surface area contributed by atoms with Crippen molar-refractivity contribution in [2.24, 2.45) is 5.92 Å². The van der Waals surface area contributed by atoms with Crippen molar-refractivity contribution in [1.29, 1.82) is 0 Å². The second-order valence-electron chi connectivity index (χ2n) is 10.6. The molecule has 3 fully saturated rings. The number of carbonyl (C=O) groups is 1. The van der Waals surface area contributed by atoms with Crippen LogP contribution in [-0.4, -0.2) is 65.6 Å². The Morgan fingerprint density at radius 1 is 1.05 bits per heavy atom. The molecule has 2 aromatic heterocycles. The van der Waals surface area contributed by atoms with Gasteiger partial charge in [0.15, 0.2) is 5.65 Å². The standard InChI is InChI=1S/C28H36N6O3/c1-18-13-20(4-7-23(18)28(35)32-21-5-6-21)24-17-31-34-26(30-15-19-8-11-36-12-9-19)14-25(33-27(24)34)29-16-22-3-2-10-37-22/h4,7,13-14,17,19,21-22,30H,2-3,5-6,8-12,15-16H2,1H3,(H,29,33)(H,32,35)/t22-/m0/s1. The summed E-state index contributed by atoms with van der Waals surface area (Å²) >= 11 is 0. The highest BCUT2D eigenvalue weighted by molar-refractivity contribution is 5.97. The van der Waals surface area contributed by atoms with E-state index in [1.807, 2.05) is 35.8 Å². The van der Waals surface area contributed by atoms with Crippen molar-refractivity contribution < 1.29 is 14.3 Å². The first-order valence-corrected chi connectivity index (χ1v) is 13.6. The SMILES string of the molecule is Cc1cc(-c2cnn3c(NCC4CCOCC4)cc(NC[C@@H]4CCCO4)nc23)ccc1C(=O)NC1CC1. The molecule has 2 aliphatic heterocycles. The molecule has 6 rings (SSSR count). The van der Waals surface area contributed by atoms with Gasteiger partial charge in [0.25, 0.3) is 5.91 Å². The summed E-state index contributed by atoms with van der Waals surface area (Å²) in [7, 11) is 0. The zero-order valence-corrected chi connectivity index (χ0v) is 21.5. The van der Waals surface area contributed by atoms with Crippen molar-refractivity contribution in [3.05, 3.63) is 41.6 Å². The maximum atomic E-state index is 12.6. The van der Waals surface area contributed by atoms with E-state index in [-0.39, 0.29) is 12.0 Å². The zero-order valence-electron chi connectivity index (χ0n) is 21.5. The molecule has 3 aliphatic rings. The summed E-state index contributed by atoms with van der Waals surface area (Å²) in [5.74, 6) is 2.29. The van der Waals surface area contributed by atoms with Gasteiger partial charge in [-0.2, -0.15) is 9.61 Å². The van der Waals surface area contributed by atoms with E-state index in [1.165, 1.54) is 0 Å². The third-order valence-electron chi connectivity index (χ3n) is 7.61. The van der Waals surface area contributed by atoms with Gasteiger partial charge in [-0.15, -0.1) is 0 Å². The predicted molar refractivity (Wildman–Crippen MR) is 143 cm³/mol. The fraction of sp³-hybridized carbons (Fsp3) is 0.536. The minimum atomic E-state index is 0.00440. The number of nitrogens with one attached hydrogen (secondary N) is 3. The number of benzene rings is 1. The molecule has 3 aromatic rings. The minimum Gasteiger partial charge on any atom is -0.381 e. The molecule has 0 radical (unpaired) electrons. The van der Waals surface area contributed by atoms with Crippen LogP contribution in [-0.2, 0) is 9.47 Å². The Hall–Kier alpha value is -3.17. The molecule has 1 atom stereocenters. The van der Waals surface area contributed by atoms with Crippen LogP contribution in [0.2, 0.25) is 0 Å². The summed E-state index contributed by atoms with van der Waals surface area (Å²) in [6.45, 7) is 6.07. The molecule has 2 saturated heterocycles. The molecule has 1 amide bonds. The van der Waals surface area contributed by atoms with Crippen LogP contribution in [0, 0.1) is 12.8 Å². The predicted octanol–water partition coefficient (Wildman–Crippen LogP) is 4.03. The number of rotatable bonds is 9. The van der Waals surface area contributed by atoms with Crippen molar-refractivity contribution in [1.82, 2.24) is 19.9 Å². The van der Waals surface area contributed by atoms with E-state index in [9.17, 15) is 4.79 Å². The Labute approximate surface area is 217 Å². The van der Waals surface area contributed by atoms with E-state index < -0.39 is 0 Å². The Kier molecular flexibility index (Phi) is 6.97. The van der Waals surface area contributed by atoms with E-state index in [4.69, 9.17) is 19.6 Å². The van der Waals surface area contributed by atoms with Crippen molar-refractivity contribution in [3.63, 3.8) is 0 Å². The van der Waals surface area contributed by atoms with Crippen molar-refractivity contribution in [2.45, 2.75) is 57.6 Å². The minimum absolute atomic E-state index is 0.00440. The second kappa shape index (κ2) is 10.7. The van der Waals surface area contributed by atoms with Crippen LogP contribution >= 0.6 is 0 Å². The first-order valence-electron chi connectivity index (χ1n) is 13.6. The quantitative estimate of drug-likeness (QED) is 0.404. The molecule has 3 N–H and O–H groups in total. The monoisotopic (exact) mass is 504 g/mol. The summed E-state index contributed by atoms with van der Waals surface area (Å²) in [6.07, 6.45) is 8.55. The summed E-state index contributed by atoms with van der Waals surface area (Å²) < 4.78 is 13.2. The van der Waals surface area contributed by atoms with E-state index in [0.717, 1.165) is 111 Å². The van der Waals surface area contributed by atoms with Crippen molar-refractivity contribution in [2.75, 3.05) is 43.5 Å². The summed E-state index contributed by atoms with van der Waals surface area (Å²) in [4.78, 5) is 17.6. The van der Waals surface area contributed by atoms with Crippen LogP contribution in [0.25, 0.3) is 16.8 Å². The Bertz CT molecular complexity index is 1260. The smallest absolute Gasteiger partial charge is 0.251 e. The van der Waals surface area contributed by atoms with Gasteiger partial charge in [0.2, 0.25) is 0 Å².